The Hall–Kier alpha value is -1.87. The summed E-state index contributed by atoms with van der Waals surface area (Å²) in [5, 5.41) is 1.47. The first kappa shape index (κ1) is 31.1. The summed E-state index contributed by atoms with van der Waals surface area (Å²) >= 11 is 4.92. The molecule has 1 aromatic heterocycles. The number of thioether (sulfide) groups is 1. The summed E-state index contributed by atoms with van der Waals surface area (Å²) in [7, 11) is 0.702. The number of hydrogen-bond acceptors (Lipinski definition) is 2. The third-order valence-electron chi connectivity index (χ3n) is 8.14. The van der Waals surface area contributed by atoms with Crippen LogP contribution in [0.15, 0.2) is 88.4 Å². The molecule has 0 amide bonds. The first-order chi connectivity index (χ1) is 19.4. The number of unbranched alkanes of at least 4 members (excludes halogenated alkanes) is 3. The maximum absolute atomic E-state index is 13.6. The van der Waals surface area contributed by atoms with Crippen molar-refractivity contribution in [3.8, 4) is 0 Å². The number of nitrogens with zero attached hydrogens (tertiary/aromatic N) is 1. The lowest BCUT2D eigenvalue weighted by Crippen LogP contribution is -2.19. The number of aromatic nitrogens is 1. The average molecular weight is 638 g/mol. The standard InChI is InChI=1S/C35H44BrNOPS/c1-5-8-23-39(24-9-6-2,25-10-7-3)34(31-26-37(4)32-17-13-11-15-29(31)32)30-16-12-14-18-33(30)40-35(38)27-19-21-28(36)22-20-27/h11-22,26,34H,5-10,23-25H2,1-4H3/q+1. The van der Waals surface area contributed by atoms with E-state index in [1.165, 1.54) is 90.8 Å². The van der Waals surface area contributed by atoms with E-state index in [4.69, 9.17) is 0 Å². The topological polar surface area (TPSA) is 22.0 Å². The molecule has 0 spiro atoms. The summed E-state index contributed by atoms with van der Waals surface area (Å²) in [6, 6.07) is 25.5. The van der Waals surface area contributed by atoms with Gasteiger partial charge in [0.25, 0.3) is 0 Å². The number of rotatable bonds is 14. The molecule has 0 saturated heterocycles. The number of hydrogen-bond donors (Lipinski definition) is 0. The van der Waals surface area contributed by atoms with Gasteiger partial charge in [-0.1, -0.05) is 92.4 Å². The van der Waals surface area contributed by atoms with Crippen LogP contribution in [-0.4, -0.2) is 28.2 Å². The van der Waals surface area contributed by atoms with E-state index >= 15 is 0 Å². The number of para-hydroxylation sites is 1. The maximum atomic E-state index is 13.6. The molecule has 212 valence electrons. The lowest BCUT2D eigenvalue weighted by atomic mass is 10.0. The van der Waals surface area contributed by atoms with Gasteiger partial charge in [-0.15, -0.1) is 0 Å². The highest BCUT2D eigenvalue weighted by Gasteiger charge is 2.47. The Morgan fingerprint density at radius 2 is 1.38 bits per heavy atom. The number of fused-ring (bicyclic) bond motifs is 1. The summed E-state index contributed by atoms with van der Waals surface area (Å²) < 4.78 is 3.30. The highest BCUT2D eigenvalue weighted by atomic mass is 79.9. The van der Waals surface area contributed by atoms with E-state index in [-0.39, 0.29) is 5.12 Å². The molecule has 4 rings (SSSR count). The third kappa shape index (κ3) is 7.12. The van der Waals surface area contributed by atoms with Gasteiger partial charge >= 0.3 is 0 Å². The second-order valence-electron chi connectivity index (χ2n) is 11.0. The number of benzene rings is 3. The van der Waals surface area contributed by atoms with Crippen LogP contribution in [0.5, 0.6) is 0 Å². The van der Waals surface area contributed by atoms with Crippen molar-refractivity contribution in [2.75, 3.05) is 18.5 Å². The van der Waals surface area contributed by atoms with Crippen LogP contribution in [-0.2, 0) is 7.05 Å². The molecule has 0 fully saturated rings. The molecule has 0 radical (unpaired) electrons. The lowest BCUT2D eigenvalue weighted by molar-refractivity contribution is 0.108. The van der Waals surface area contributed by atoms with Crippen molar-refractivity contribution in [2.24, 2.45) is 7.05 Å². The van der Waals surface area contributed by atoms with E-state index in [2.05, 4.69) is 103 Å². The number of carbonyl (C=O) groups is 1. The van der Waals surface area contributed by atoms with Gasteiger partial charge in [-0.05, 0) is 67.4 Å². The van der Waals surface area contributed by atoms with E-state index in [0.29, 0.717) is 5.66 Å². The summed E-state index contributed by atoms with van der Waals surface area (Å²) in [5.41, 5.74) is 5.17. The van der Waals surface area contributed by atoms with E-state index in [0.717, 1.165) is 14.9 Å². The fraction of sp³-hybridized carbons (Fsp3) is 0.400. The molecule has 0 aliphatic heterocycles. The molecule has 0 N–H and O–H groups in total. The second-order valence-corrected chi connectivity index (χ2v) is 17.2. The largest absolute Gasteiger partial charge is 0.350 e. The first-order valence-corrected chi connectivity index (χ1v) is 18.9. The molecule has 4 aromatic rings. The van der Waals surface area contributed by atoms with Crippen molar-refractivity contribution in [1.29, 1.82) is 0 Å². The summed E-state index contributed by atoms with van der Waals surface area (Å²) in [6.07, 6.45) is 13.8. The van der Waals surface area contributed by atoms with Gasteiger partial charge in [-0.3, -0.25) is 4.79 Å². The quantitative estimate of drug-likeness (QED) is 0.101. The fourth-order valence-electron chi connectivity index (χ4n) is 6.03. The molecule has 5 heteroatoms. The minimum Gasteiger partial charge on any atom is -0.350 e. The molecule has 1 atom stereocenters. The molecule has 0 aliphatic carbocycles. The van der Waals surface area contributed by atoms with Crippen LogP contribution in [0.2, 0.25) is 0 Å². The van der Waals surface area contributed by atoms with Gasteiger partial charge in [0.15, 0.2) is 0 Å². The van der Waals surface area contributed by atoms with Crippen molar-refractivity contribution in [3.63, 3.8) is 0 Å². The molecule has 2 nitrogen and oxygen atoms in total. The predicted molar refractivity (Wildman–Crippen MR) is 182 cm³/mol. The van der Waals surface area contributed by atoms with Crippen molar-refractivity contribution in [3.05, 3.63) is 100 Å². The molecule has 0 bridgehead atoms. The molecular formula is C35H44BrNOPS+. The zero-order chi connectivity index (χ0) is 28.5. The molecule has 0 saturated carbocycles. The Labute approximate surface area is 254 Å². The zero-order valence-electron chi connectivity index (χ0n) is 24.5. The Balaban J connectivity index is 1.93. The van der Waals surface area contributed by atoms with Crippen molar-refractivity contribution >= 4 is 51.0 Å². The van der Waals surface area contributed by atoms with Gasteiger partial charge in [0, 0.05) is 57.5 Å². The zero-order valence-corrected chi connectivity index (χ0v) is 27.8. The van der Waals surface area contributed by atoms with Gasteiger partial charge in [-0.25, -0.2) is 0 Å². The summed E-state index contributed by atoms with van der Waals surface area (Å²) in [6.45, 7) is 7.01. The molecule has 40 heavy (non-hydrogen) atoms. The molecule has 3 aromatic carbocycles. The Morgan fingerprint density at radius 3 is 2.00 bits per heavy atom. The Bertz CT molecular complexity index is 1370. The minimum absolute atomic E-state index is 0.108. The van der Waals surface area contributed by atoms with Crippen LogP contribution >= 0.6 is 35.0 Å². The smallest absolute Gasteiger partial charge is 0.224 e. The van der Waals surface area contributed by atoms with E-state index in [1.807, 2.05) is 24.3 Å². The first-order valence-electron chi connectivity index (χ1n) is 14.9. The second kappa shape index (κ2) is 14.9. The normalized spacial score (nSPS) is 12.6. The SMILES string of the molecule is CCCC[P+](CCCC)(CCCC)C(c1ccccc1SC(=O)c1ccc(Br)cc1)c1cn(C)c2ccccc12. The molecule has 0 aliphatic rings. The van der Waals surface area contributed by atoms with Crippen LogP contribution in [0.1, 0.15) is 86.4 Å². The number of carbonyl (C=O) groups excluding carboxylic acids is 1. The van der Waals surface area contributed by atoms with Crippen LogP contribution in [0, 0.1) is 0 Å². The van der Waals surface area contributed by atoms with E-state index in [9.17, 15) is 4.79 Å². The predicted octanol–water partition coefficient (Wildman–Crippen LogP) is 11.4. The Kier molecular flexibility index (Phi) is 11.5. The lowest BCUT2D eigenvalue weighted by Gasteiger charge is -2.36. The van der Waals surface area contributed by atoms with Crippen LogP contribution < -0.4 is 0 Å². The highest BCUT2D eigenvalue weighted by Crippen LogP contribution is 2.74. The van der Waals surface area contributed by atoms with Gasteiger partial charge in [0.05, 0.1) is 18.5 Å². The van der Waals surface area contributed by atoms with Gasteiger partial charge in [-0.2, -0.15) is 0 Å². The van der Waals surface area contributed by atoms with E-state index < -0.39 is 7.26 Å². The van der Waals surface area contributed by atoms with E-state index in [1.54, 1.807) is 0 Å². The van der Waals surface area contributed by atoms with Crippen molar-refractivity contribution in [2.45, 2.75) is 69.9 Å². The number of halogens is 1. The maximum Gasteiger partial charge on any atom is 0.224 e. The van der Waals surface area contributed by atoms with Crippen molar-refractivity contribution in [1.82, 2.24) is 4.57 Å². The monoisotopic (exact) mass is 636 g/mol. The minimum atomic E-state index is -1.48. The highest BCUT2D eigenvalue weighted by molar-refractivity contribution is 9.10. The van der Waals surface area contributed by atoms with Crippen LogP contribution in [0.25, 0.3) is 10.9 Å². The molecule has 1 heterocycles. The summed E-state index contributed by atoms with van der Waals surface area (Å²) in [4.78, 5) is 14.7. The van der Waals surface area contributed by atoms with Gasteiger partial charge in [0.2, 0.25) is 5.12 Å². The number of aryl methyl sites for hydroxylation is 1. The van der Waals surface area contributed by atoms with Crippen LogP contribution in [0.3, 0.4) is 0 Å². The van der Waals surface area contributed by atoms with Gasteiger partial charge in [0.1, 0.15) is 5.66 Å². The molecular weight excluding hydrogens is 593 g/mol. The average Bonchev–Trinajstić information content (AvgIpc) is 3.30. The van der Waals surface area contributed by atoms with Gasteiger partial charge < -0.3 is 4.57 Å². The Morgan fingerprint density at radius 1 is 0.800 bits per heavy atom. The van der Waals surface area contributed by atoms with Crippen molar-refractivity contribution < 1.29 is 4.79 Å². The van der Waals surface area contributed by atoms with Crippen LogP contribution in [0.4, 0.5) is 0 Å². The third-order valence-corrected chi connectivity index (χ3v) is 15.0. The molecule has 1 unspecified atom stereocenters. The summed E-state index contributed by atoms with van der Waals surface area (Å²) in [5.74, 6) is 0. The fourth-order valence-corrected chi connectivity index (χ4v) is 13.2.